The molecule has 0 bridgehead atoms. The third-order valence-corrected chi connectivity index (χ3v) is 4.86. The minimum atomic E-state index is -0.744. The summed E-state index contributed by atoms with van der Waals surface area (Å²) in [4.78, 5) is 39.1. The van der Waals surface area contributed by atoms with Gasteiger partial charge in [0.15, 0.2) is 0 Å². The van der Waals surface area contributed by atoms with E-state index in [4.69, 9.17) is 11.6 Å². The van der Waals surface area contributed by atoms with Gasteiger partial charge in [-0.25, -0.2) is 4.79 Å². The number of nitrogens with one attached hydrogen (secondary N) is 1. The van der Waals surface area contributed by atoms with Gasteiger partial charge in [-0.1, -0.05) is 43.6 Å². The maximum atomic E-state index is 13.2. The number of aryl methyl sites for hydroxylation is 2. The van der Waals surface area contributed by atoms with E-state index in [9.17, 15) is 14.4 Å². The average Bonchev–Trinajstić information content (AvgIpc) is 2.68. The van der Waals surface area contributed by atoms with Crippen LogP contribution in [0.15, 0.2) is 52.1 Å². The Morgan fingerprint density at radius 1 is 1.10 bits per heavy atom. The molecule has 3 aromatic rings. The second-order valence-electron chi connectivity index (χ2n) is 8.01. The largest absolute Gasteiger partial charge is 0.352 e. The molecule has 1 aromatic heterocycles. The van der Waals surface area contributed by atoms with Crippen LogP contribution in [0.2, 0.25) is 5.02 Å². The minimum absolute atomic E-state index is 0.0317. The number of amides is 1. The van der Waals surface area contributed by atoms with Crippen molar-refractivity contribution in [3.63, 3.8) is 0 Å². The zero-order chi connectivity index (χ0) is 22.7. The summed E-state index contributed by atoms with van der Waals surface area (Å²) in [7, 11) is 0. The van der Waals surface area contributed by atoms with E-state index in [0.717, 1.165) is 20.4 Å². The van der Waals surface area contributed by atoms with Gasteiger partial charge in [-0.15, -0.1) is 0 Å². The summed E-state index contributed by atoms with van der Waals surface area (Å²) in [6.07, 6.45) is 0. The Balaban J connectivity index is 2.20. The first-order valence-corrected chi connectivity index (χ1v) is 10.4. The number of rotatable bonds is 6. The van der Waals surface area contributed by atoms with Gasteiger partial charge in [-0.3, -0.25) is 14.2 Å². The molecular weight excluding hydrogens is 416 g/mol. The first-order valence-electron chi connectivity index (χ1n) is 10.0. The van der Waals surface area contributed by atoms with Gasteiger partial charge in [-0.2, -0.15) is 9.78 Å². The summed E-state index contributed by atoms with van der Waals surface area (Å²) >= 11 is 6.06. The maximum Gasteiger partial charge on any atom is 0.352 e. The Bertz CT molecular complexity index is 1220. The molecule has 2 aromatic carbocycles. The highest BCUT2D eigenvalue weighted by Gasteiger charge is 2.21. The average molecular weight is 441 g/mol. The molecule has 0 radical (unpaired) electrons. The summed E-state index contributed by atoms with van der Waals surface area (Å²) in [5.41, 5.74) is 1.31. The monoisotopic (exact) mass is 440 g/mol. The molecule has 1 amide bonds. The quantitative estimate of drug-likeness (QED) is 0.638. The molecule has 0 saturated heterocycles. The molecule has 8 heteroatoms. The first-order chi connectivity index (χ1) is 14.7. The maximum absolute atomic E-state index is 13.2. The van der Waals surface area contributed by atoms with Crippen molar-refractivity contribution in [3.05, 3.63) is 90.7 Å². The lowest BCUT2D eigenvalue weighted by atomic mass is 10.1. The Morgan fingerprint density at radius 3 is 2.39 bits per heavy atom. The molecule has 0 aliphatic carbocycles. The van der Waals surface area contributed by atoms with E-state index in [-0.39, 0.29) is 18.2 Å². The second kappa shape index (κ2) is 9.31. The van der Waals surface area contributed by atoms with Crippen LogP contribution in [0, 0.1) is 19.8 Å². The highest BCUT2D eigenvalue weighted by atomic mass is 35.5. The van der Waals surface area contributed by atoms with Crippen LogP contribution in [-0.4, -0.2) is 26.8 Å². The second-order valence-corrected chi connectivity index (χ2v) is 8.45. The SMILES string of the molecule is Cc1cc(C)cc(-n2nc(C(=O)NCC(C)C)c(=O)n(Cc3cccc(Cl)c3)c2=O)c1. The van der Waals surface area contributed by atoms with Crippen molar-refractivity contribution < 1.29 is 4.79 Å². The van der Waals surface area contributed by atoms with Gasteiger partial charge in [0.25, 0.3) is 11.5 Å². The molecule has 1 N–H and O–H groups in total. The van der Waals surface area contributed by atoms with Crippen LogP contribution in [0.25, 0.3) is 5.69 Å². The van der Waals surface area contributed by atoms with E-state index in [1.54, 1.807) is 36.4 Å². The lowest BCUT2D eigenvalue weighted by molar-refractivity contribution is 0.0939. The van der Waals surface area contributed by atoms with Gasteiger partial charge in [0.1, 0.15) is 0 Å². The molecule has 0 spiro atoms. The highest BCUT2D eigenvalue weighted by molar-refractivity contribution is 6.30. The van der Waals surface area contributed by atoms with Gasteiger partial charge in [0.2, 0.25) is 5.69 Å². The predicted molar refractivity (Wildman–Crippen MR) is 121 cm³/mol. The number of hydrogen-bond acceptors (Lipinski definition) is 4. The van der Waals surface area contributed by atoms with E-state index in [0.29, 0.717) is 22.8 Å². The third kappa shape index (κ3) is 5.30. The van der Waals surface area contributed by atoms with E-state index in [1.165, 1.54) is 0 Å². The van der Waals surface area contributed by atoms with Crippen molar-refractivity contribution in [2.45, 2.75) is 34.2 Å². The molecule has 31 heavy (non-hydrogen) atoms. The molecule has 0 aliphatic heterocycles. The summed E-state index contributed by atoms with van der Waals surface area (Å²) in [6, 6.07) is 12.4. The van der Waals surface area contributed by atoms with Crippen molar-refractivity contribution in [2.24, 2.45) is 5.92 Å². The summed E-state index contributed by atoms with van der Waals surface area (Å²) in [5.74, 6) is -0.417. The molecule has 0 unspecified atom stereocenters. The van der Waals surface area contributed by atoms with Gasteiger partial charge in [0.05, 0.1) is 12.2 Å². The smallest absolute Gasteiger partial charge is 0.350 e. The van der Waals surface area contributed by atoms with Crippen molar-refractivity contribution in [3.8, 4) is 5.69 Å². The standard InChI is InChI=1S/C23H25ClN4O3/c1-14(2)12-25-21(29)20-22(30)27(13-17-6-5-7-18(24)11-17)23(31)28(26-20)19-9-15(3)8-16(4)10-19/h5-11,14H,12-13H2,1-4H3,(H,25,29). The first kappa shape index (κ1) is 22.5. The van der Waals surface area contributed by atoms with Crippen molar-refractivity contribution in [2.75, 3.05) is 6.54 Å². The molecule has 7 nitrogen and oxygen atoms in total. The molecule has 0 atom stereocenters. The van der Waals surface area contributed by atoms with E-state index < -0.39 is 17.2 Å². The molecule has 1 heterocycles. The number of aromatic nitrogens is 3. The number of carbonyl (C=O) groups is 1. The highest BCUT2D eigenvalue weighted by Crippen LogP contribution is 2.13. The topological polar surface area (TPSA) is 86.0 Å². The van der Waals surface area contributed by atoms with Crippen LogP contribution in [-0.2, 0) is 6.54 Å². The van der Waals surface area contributed by atoms with Crippen LogP contribution < -0.4 is 16.6 Å². The molecule has 3 rings (SSSR count). The van der Waals surface area contributed by atoms with Crippen LogP contribution in [0.4, 0.5) is 0 Å². The van der Waals surface area contributed by atoms with Gasteiger partial charge in [0, 0.05) is 11.6 Å². The molecule has 0 fully saturated rings. The fourth-order valence-electron chi connectivity index (χ4n) is 3.24. The van der Waals surface area contributed by atoms with Gasteiger partial charge < -0.3 is 5.32 Å². The van der Waals surface area contributed by atoms with Crippen molar-refractivity contribution in [1.82, 2.24) is 19.7 Å². The Hall–Kier alpha value is -3.19. The number of halogens is 1. The molecular formula is C23H25ClN4O3. The number of benzene rings is 2. The normalized spacial score (nSPS) is 11.0. The van der Waals surface area contributed by atoms with Crippen LogP contribution >= 0.6 is 11.6 Å². The number of nitrogens with zero attached hydrogens (tertiary/aromatic N) is 3. The summed E-state index contributed by atoms with van der Waals surface area (Å²) in [5, 5.41) is 7.35. The van der Waals surface area contributed by atoms with Crippen LogP contribution in [0.1, 0.15) is 41.0 Å². The van der Waals surface area contributed by atoms with E-state index >= 15 is 0 Å². The predicted octanol–water partition coefficient (Wildman–Crippen LogP) is 3.10. The third-order valence-electron chi connectivity index (χ3n) is 4.63. The van der Waals surface area contributed by atoms with Crippen molar-refractivity contribution >= 4 is 17.5 Å². The molecule has 0 aliphatic rings. The number of carbonyl (C=O) groups excluding carboxylic acids is 1. The van der Waals surface area contributed by atoms with E-state index in [2.05, 4.69) is 10.4 Å². The Morgan fingerprint density at radius 2 is 1.77 bits per heavy atom. The van der Waals surface area contributed by atoms with Crippen molar-refractivity contribution in [1.29, 1.82) is 0 Å². The molecule has 162 valence electrons. The van der Waals surface area contributed by atoms with Gasteiger partial charge >= 0.3 is 5.69 Å². The van der Waals surface area contributed by atoms with E-state index in [1.807, 2.05) is 33.8 Å². The lowest BCUT2D eigenvalue weighted by Crippen LogP contribution is -2.46. The summed E-state index contributed by atoms with van der Waals surface area (Å²) < 4.78 is 2.12. The Labute approximate surface area is 185 Å². The minimum Gasteiger partial charge on any atom is -0.350 e. The summed E-state index contributed by atoms with van der Waals surface area (Å²) in [6.45, 7) is 8.05. The number of hydrogen-bond donors (Lipinski definition) is 1. The zero-order valence-corrected chi connectivity index (χ0v) is 18.7. The zero-order valence-electron chi connectivity index (χ0n) is 18.0. The molecule has 0 saturated carbocycles. The fourth-order valence-corrected chi connectivity index (χ4v) is 3.45. The van der Waals surface area contributed by atoms with Gasteiger partial charge in [-0.05, 0) is 60.7 Å². The van der Waals surface area contributed by atoms with Crippen LogP contribution in [0.3, 0.4) is 0 Å². The van der Waals surface area contributed by atoms with Crippen LogP contribution in [0.5, 0.6) is 0 Å². The fraction of sp³-hybridized carbons (Fsp3) is 0.304. The lowest BCUT2D eigenvalue weighted by Gasteiger charge is -2.14. The Kier molecular flexibility index (Phi) is 6.75.